The van der Waals surface area contributed by atoms with E-state index < -0.39 is 10.9 Å². The van der Waals surface area contributed by atoms with Crippen LogP contribution in [0.5, 0.6) is 0 Å². The molecule has 2 rings (SSSR count). The van der Waals surface area contributed by atoms with E-state index in [1.165, 1.54) is 31.6 Å². The van der Waals surface area contributed by atoms with E-state index in [4.69, 9.17) is 0 Å². The molecule has 108 valence electrons. The SMILES string of the molecule is COC(=O)c1cnc(NCc2ccc([N+](=O)[O-])cc2)cn1. The van der Waals surface area contributed by atoms with Crippen LogP contribution in [0.3, 0.4) is 0 Å². The summed E-state index contributed by atoms with van der Waals surface area (Å²) in [4.78, 5) is 29.2. The van der Waals surface area contributed by atoms with Gasteiger partial charge in [-0.3, -0.25) is 10.1 Å². The van der Waals surface area contributed by atoms with Crippen molar-refractivity contribution < 1.29 is 14.5 Å². The second kappa shape index (κ2) is 6.42. The Labute approximate surface area is 120 Å². The molecule has 1 aromatic carbocycles. The molecule has 2 aromatic rings. The number of hydrogen-bond acceptors (Lipinski definition) is 7. The van der Waals surface area contributed by atoms with Crippen molar-refractivity contribution in [3.05, 3.63) is 58.0 Å². The van der Waals surface area contributed by atoms with Crippen molar-refractivity contribution >= 4 is 17.5 Å². The predicted octanol–water partition coefficient (Wildman–Crippen LogP) is 1.78. The Kier molecular flexibility index (Phi) is 4.39. The predicted molar refractivity (Wildman–Crippen MR) is 73.8 cm³/mol. The highest BCUT2D eigenvalue weighted by Crippen LogP contribution is 2.13. The number of aromatic nitrogens is 2. The number of carbonyl (C=O) groups is 1. The molecule has 0 saturated heterocycles. The van der Waals surface area contributed by atoms with Crippen molar-refractivity contribution in [3.63, 3.8) is 0 Å². The smallest absolute Gasteiger partial charge is 0.358 e. The van der Waals surface area contributed by atoms with Crippen LogP contribution in [-0.4, -0.2) is 28.0 Å². The highest BCUT2D eigenvalue weighted by molar-refractivity contribution is 5.86. The first-order chi connectivity index (χ1) is 10.1. The van der Waals surface area contributed by atoms with E-state index >= 15 is 0 Å². The number of esters is 1. The monoisotopic (exact) mass is 288 g/mol. The van der Waals surface area contributed by atoms with Crippen LogP contribution in [0.2, 0.25) is 0 Å². The van der Waals surface area contributed by atoms with Gasteiger partial charge in [0.1, 0.15) is 5.82 Å². The largest absolute Gasteiger partial charge is 0.464 e. The fourth-order valence-electron chi connectivity index (χ4n) is 1.56. The zero-order valence-corrected chi connectivity index (χ0v) is 11.1. The Morgan fingerprint density at radius 3 is 2.52 bits per heavy atom. The standard InChI is InChI=1S/C13H12N4O4/c1-21-13(18)11-7-16-12(8-14-11)15-6-9-2-4-10(5-3-9)17(19)20/h2-5,7-8H,6H2,1H3,(H,15,16). The Balaban J connectivity index is 1.96. The molecule has 1 N–H and O–H groups in total. The molecule has 1 aromatic heterocycles. The first kappa shape index (κ1) is 14.4. The van der Waals surface area contributed by atoms with E-state index in [-0.39, 0.29) is 11.4 Å². The average molecular weight is 288 g/mol. The fraction of sp³-hybridized carbons (Fsp3) is 0.154. The van der Waals surface area contributed by atoms with Crippen LogP contribution < -0.4 is 5.32 Å². The quantitative estimate of drug-likeness (QED) is 0.507. The third-order valence-electron chi connectivity index (χ3n) is 2.67. The summed E-state index contributed by atoms with van der Waals surface area (Å²) in [5.74, 6) is -0.0644. The maximum absolute atomic E-state index is 11.2. The molecule has 0 radical (unpaired) electrons. The molecule has 0 atom stereocenters. The van der Waals surface area contributed by atoms with Gasteiger partial charge in [0.2, 0.25) is 0 Å². The molecule has 0 saturated carbocycles. The summed E-state index contributed by atoms with van der Waals surface area (Å²) < 4.78 is 4.52. The fourth-order valence-corrected chi connectivity index (χ4v) is 1.56. The number of nitro groups is 1. The molecule has 0 unspecified atom stereocenters. The van der Waals surface area contributed by atoms with E-state index in [2.05, 4.69) is 20.0 Å². The lowest BCUT2D eigenvalue weighted by Gasteiger charge is -2.05. The summed E-state index contributed by atoms with van der Waals surface area (Å²) in [6.07, 6.45) is 2.72. The van der Waals surface area contributed by atoms with Gasteiger partial charge in [-0.05, 0) is 5.56 Å². The van der Waals surface area contributed by atoms with Crippen molar-refractivity contribution in [2.24, 2.45) is 0 Å². The number of benzene rings is 1. The Morgan fingerprint density at radius 1 is 1.29 bits per heavy atom. The highest BCUT2D eigenvalue weighted by atomic mass is 16.6. The molecule has 21 heavy (non-hydrogen) atoms. The number of ether oxygens (including phenoxy) is 1. The highest BCUT2D eigenvalue weighted by Gasteiger charge is 2.07. The minimum Gasteiger partial charge on any atom is -0.464 e. The van der Waals surface area contributed by atoms with Crippen LogP contribution in [0, 0.1) is 10.1 Å². The zero-order chi connectivity index (χ0) is 15.2. The first-order valence-corrected chi connectivity index (χ1v) is 5.97. The van der Waals surface area contributed by atoms with E-state index in [1.54, 1.807) is 12.1 Å². The Morgan fingerprint density at radius 2 is 2.00 bits per heavy atom. The van der Waals surface area contributed by atoms with Gasteiger partial charge in [0, 0.05) is 18.7 Å². The molecule has 8 nitrogen and oxygen atoms in total. The lowest BCUT2D eigenvalue weighted by Crippen LogP contribution is -2.07. The van der Waals surface area contributed by atoms with Gasteiger partial charge in [-0.1, -0.05) is 12.1 Å². The second-order valence-corrected chi connectivity index (χ2v) is 4.06. The van der Waals surface area contributed by atoms with Crippen LogP contribution in [0.25, 0.3) is 0 Å². The summed E-state index contributed by atoms with van der Waals surface area (Å²) in [6, 6.07) is 6.18. The van der Waals surface area contributed by atoms with E-state index in [1.807, 2.05) is 0 Å². The number of methoxy groups -OCH3 is 1. The van der Waals surface area contributed by atoms with Gasteiger partial charge in [-0.2, -0.15) is 0 Å². The average Bonchev–Trinajstić information content (AvgIpc) is 2.53. The maximum Gasteiger partial charge on any atom is 0.358 e. The summed E-state index contributed by atoms with van der Waals surface area (Å²) in [5.41, 5.74) is 1.03. The first-order valence-electron chi connectivity index (χ1n) is 5.97. The number of nitro benzene ring substituents is 1. The molecule has 1 heterocycles. The van der Waals surface area contributed by atoms with Gasteiger partial charge >= 0.3 is 5.97 Å². The second-order valence-electron chi connectivity index (χ2n) is 4.06. The lowest BCUT2D eigenvalue weighted by molar-refractivity contribution is -0.384. The molecule has 0 fully saturated rings. The summed E-state index contributed by atoms with van der Waals surface area (Å²) in [6.45, 7) is 0.435. The third kappa shape index (κ3) is 3.72. The maximum atomic E-state index is 11.2. The topological polar surface area (TPSA) is 107 Å². The summed E-state index contributed by atoms with van der Waals surface area (Å²) in [5, 5.41) is 13.5. The minimum atomic E-state index is -0.551. The number of anilines is 1. The molecule has 0 bridgehead atoms. The Bertz CT molecular complexity index is 640. The summed E-state index contributed by atoms with van der Waals surface area (Å²) >= 11 is 0. The van der Waals surface area contributed by atoms with Gasteiger partial charge < -0.3 is 10.1 Å². The van der Waals surface area contributed by atoms with Gasteiger partial charge in [0.05, 0.1) is 24.4 Å². The van der Waals surface area contributed by atoms with Crippen LogP contribution in [0.4, 0.5) is 11.5 Å². The van der Waals surface area contributed by atoms with E-state index in [0.717, 1.165) is 5.56 Å². The van der Waals surface area contributed by atoms with E-state index in [9.17, 15) is 14.9 Å². The van der Waals surface area contributed by atoms with Crippen LogP contribution in [0.1, 0.15) is 16.1 Å². The van der Waals surface area contributed by atoms with Gasteiger partial charge in [0.25, 0.3) is 5.69 Å². The van der Waals surface area contributed by atoms with Crippen molar-refractivity contribution in [3.8, 4) is 0 Å². The van der Waals surface area contributed by atoms with Crippen LogP contribution in [0.15, 0.2) is 36.7 Å². The van der Waals surface area contributed by atoms with Gasteiger partial charge in [-0.25, -0.2) is 14.8 Å². The number of nitrogens with one attached hydrogen (secondary N) is 1. The minimum absolute atomic E-state index is 0.0426. The summed E-state index contributed by atoms with van der Waals surface area (Å²) in [7, 11) is 1.27. The van der Waals surface area contributed by atoms with Crippen molar-refractivity contribution in [2.45, 2.75) is 6.54 Å². The zero-order valence-electron chi connectivity index (χ0n) is 11.1. The third-order valence-corrected chi connectivity index (χ3v) is 2.67. The van der Waals surface area contributed by atoms with Crippen LogP contribution >= 0.6 is 0 Å². The molecule has 0 spiro atoms. The van der Waals surface area contributed by atoms with Gasteiger partial charge in [0.15, 0.2) is 5.69 Å². The molecule has 0 amide bonds. The lowest BCUT2D eigenvalue weighted by atomic mass is 10.2. The number of nitrogens with zero attached hydrogens (tertiary/aromatic N) is 3. The van der Waals surface area contributed by atoms with Crippen molar-refractivity contribution in [1.29, 1.82) is 0 Å². The molecule has 0 aliphatic carbocycles. The molecule has 8 heteroatoms. The van der Waals surface area contributed by atoms with Crippen LogP contribution in [-0.2, 0) is 11.3 Å². The van der Waals surface area contributed by atoms with Crippen molar-refractivity contribution in [1.82, 2.24) is 9.97 Å². The molecular formula is C13H12N4O4. The normalized spacial score (nSPS) is 9.95. The number of hydrogen-bond donors (Lipinski definition) is 1. The van der Waals surface area contributed by atoms with Crippen molar-refractivity contribution in [2.75, 3.05) is 12.4 Å². The molecule has 0 aliphatic heterocycles. The number of rotatable bonds is 5. The van der Waals surface area contributed by atoms with E-state index in [0.29, 0.717) is 12.4 Å². The van der Waals surface area contributed by atoms with Gasteiger partial charge in [-0.15, -0.1) is 0 Å². The Hall–Kier alpha value is -3.03. The number of non-ortho nitro benzene ring substituents is 1. The molecular weight excluding hydrogens is 276 g/mol. The molecule has 0 aliphatic rings. The number of carbonyl (C=O) groups excluding carboxylic acids is 1.